The highest BCUT2D eigenvalue weighted by Gasteiger charge is 2.70. The molecule has 0 N–H and O–H groups in total. The predicted molar refractivity (Wildman–Crippen MR) is 171 cm³/mol. The third-order valence-electron chi connectivity index (χ3n) is 15.4. The van der Waals surface area contributed by atoms with Gasteiger partial charge in [0.1, 0.15) is 6.10 Å². The molecule has 5 fully saturated rings. The van der Waals surface area contributed by atoms with Crippen LogP contribution in [0.25, 0.3) is 0 Å². The maximum absolute atomic E-state index is 14.6. The Morgan fingerprint density at radius 1 is 0.930 bits per heavy atom. The summed E-state index contributed by atoms with van der Waals surface area (Å²) >= 11 is 0. The molecule has 1 saturated heterocycles. The molecule has 0 spiro atoms. The average Bonchev–Trinajstić information content (AvgIpc) is 2.97. The van der Waals surface area contributed by atoms with Gasteiger partial charge in [-0.05, 0) is 110 Å². The van der Waals surface area contributed by atoms with Crippen molar-refractivity contribution in [2.45, 2.75) is 132 Å². The number of hydrogen-bond acceptors (Lipinski definition) is 4. The van der Waals surface area contributed by atoms with Crippen LogP contribution in [-0.2, 0) is 19.1 Å². The highest BCUT2D eigenvalue weighted by atomic mass is 16.5. The summed E-state index contributed by atoms with van der Waals surface area (Å²) in [4.78, 5) is 29.3. The van der Waals surface area contributed by atoms with E-state index in [-0.39, 0.29) is 39.1 Å². The molecule has 1 aliphatic heterocycles. The number of carbonyl (C=O) groups is 2. The molecule has 5 heteroatoms. The maximum atomic E-state index is 14.6. The third-order valence-corrected chi connectivity index (χ3v) is 15.4. The maximum Gasteiger partial charge on any atom is 0.306 e. The number of carbonyl (C=O) groups excluding carboxylic acids is 2. The largest absolute Gasteiger partial charge is 0.462 e. The molecule has 242 valence electrons. The summed E-state index contributed by atoms with van der Waals surface area (Å²) in [6.07, 6.45) is 14.1. The number of nitrogens with zero attached hydrogens (tertiary/aromatic N) is 1. The highest BCUT2D eigenvalue weighted by molar-refractivity contribution is 5.84. The van der Waals surface area contributed by atoms with Crippen LogP contribution in [0, 0.1) is 56.7 Å². The van der Waals surface area contributed by atoms with Gasteiger partial charge >= 0.3 is 5.97 Å². The van der Waals surface area contributed by atoms with Gasteiger partial charge in [0, 0.05) is 24.9 Å². The van der Waals surface area contributed by atoms with Gasteiger partial charge in [-0.3, -0.25) is 9.59 Å². The van der Waals surface area contributed by atoms with Gasteiger partial charge in [-0.25, -0.2) is 0 Å². The normalized spacial score (nSPS) is 47.3. The lowest BCUT2D eigenvalue weighted by Gasteiger charge is -2.71. The van der Waals surface area contributed by atoms with Crippen molar-refractivity contribution in [3.8, 4) is 0 Å². The van der Waals surface area contributed by atoms with E-state index < -0.39 is 0 Å². The van der Waals surface area contributed by atoms with Crippen LogP contribution in [0.15, 0.2) is 11.6 Å². The predicted octanol–water partition coefficient (Wildman–Crippen LogP) is 8.21. The Labute approximate surface area is 262 Å². The molecule has 0 radical (unpaired) electrons. The fourth-order valence-electron chi connectivity index (χ4n) is 12.5. The molecule has 43 heavy (non-hydrogen) atoms. The van der Waals surface area contributed by atoms with Gasteiger partial charge in [0.2, 0.25) is 5.91 Å². The Hall–Kier alpha value is -1.36. The second-order valence-electron chi connectivity index (χ2n) is 17.3. The van der Waals surface area contributed by atoms with Crippen molar-refractivity contribution in [1.29, 1.82) is 0 Å². The number of amides is 1. The SMILES string of the molecule is CCCC(=O)O[C@H]1CC[C@]2(C)[C@H]3CC=C4[C@@H]5[C@@H](C)[C@H](C)CC[C@]5(C(=O)N5CCOCC5)CC[C@@]4(C)[C@]3(C)CC[C@H]2C1(C)C. The first-order chi connectivity index (χ1) is 20.3. The van der Waals surface area contributed by atoms with Gasteiger partial charge in [-0.1, -0.05) is 67.0 Å². The summed E-state index contributed by atoms with van der Waals surface area (Å²) in [6, 6.07) is 0. The van der Waals surface area contributed by atoms with E-state index in [2.05, 4.69) is 66.4 Å². The Bertz CT molecular complexity index is 1140. The summed E-state index contributed by atoms with van der Waals surface area (Å²) in [5.41, 5.74) is 1.92. The van der Waals surface area contributed by atoms with Crippen molar-refractivity contribution in [2.24, 2.45) is 56.7 Å². The van der Waals surface area contributed by atoms with Crippen LogP contribution < -0.4 is 0 Å². The standard InChI is InChI=1S/C38H61NO4/c1-9-10-31(40)43-30-15-16-35(6)28(34(30,4)5)14-17-37(8)29(35)12-11-27-32-26(3)25(2)13-18-38(32,20-19-36(27,37)7)33(41)39-21-23-42-24-22-39/h11,25-26,28-30,32H,9-10,12-24H2,1-8H3/t25-,26+,28+,29-,30+,32+,35+,36-,37-,38+/m1/s1. The van der Waals surface area contributed by atoms with E-state index in [9.17, 15) is 9.59 Å². The molecule has 5 aliphatic carbocycles. The molecular weight excluding hydrogens is 534 g/mol. The molecule has 0 bridgehead atoms. The molecule has 0 aromatic heterocycles. The van der Waals surface area contributed by atoms with E-state index in [4.69, 9.17) is 9.47 Å². The van der Waals surface area contributed by atoms with E-state index in [1.165, 1.54) is 12.8 Å². The minimum atomic E-state index is -0.249. The van der Waals surface area contributed by atoms with Crippen molar-refractivity contribution < 1.29 is 19.1 Å². The minimum Gasteiger partial charge on any atom is -0.462 e. The molecular formula is C38H61NO4. The van der Waals surface area contributed by atoms with Gasteiger partial charge in [0.05, 0.1) is 18.6 Å². The lowest BCUT2D eigenvalue weighted by Crippen LogP contribution is -2.66. The Balaban J connectivity index is 1.35. The first-order valence-corrected chi connectivity index (χ1v) is 18.0. The summed E-state index contributed by atoms with van der Waals surface area (Å²) < 4.78 is 11.8. The van der Waals surface area contributed by atoms with Crippen molar-refractivity contribution in [3.05, 3.63) is 11.6 Å². The average molecular weight is 596 g/mol. The fourth-order valence-corrected chi connectivity index (χ4v) is 12.5. The van der Waals surface area contributed by atoms with E-state index in [1.807, 2.05) is 0 Å². The van der Waals surface area contributed by atoms with Gasteiger partial charge in [0.25, 0.3) is 0 Å². The van der Waals surface area contributed by atoms with Crippen LogP contribution in [0.5, 0.6) is 0 Å². The Morgan fingerprint density at radius 2 is 1.65 bits per heavy atom. The van der Waals surface area contributed by atoms with Gasteiger partial charge in [-0.2, -0.15) is 0 Å². The number of allylic oxidation sites excluding steroid dienone is 2. The fraction of sp³-hybridized carbons (Fsp3) is 0.895. The molecule has 0 aromatic carbocycles. The molecule has 4 saturated carbocycles. The lowest BCUT2D eigenvalue weighted by molar-refractivity contribution is -0.214. The summed E-state index contributed by atoms with van der Waals surface area (Å²) in [7, 11) is 0. The quantitative estimate of drug-likeness (QED) is 0.243. The van der Waals surface area contributed by atoms with E-state index in [1.54, 1.807) is 5.57 Å². The zero-order valence-corrected chi connectivity index (χ0v) is 28.7. The smallest absolute Gasteiger partial charge is 0.306 e. The number of fused-ring (bicyclic) bond motifs is 7. The second-order valence-corrected chi connectivity index (χ2v) is 17.3. The van der Waals surface area contributed by atoms with Crippen LogP contribution in [0.3, 0.4) is 0 Å². The van der Waals surface area contributed by atoms with Crippen LogP contribution in [-0.4, -0.2) is 49.2 Å². The monoisotopic (exact) mass is 595 g/mol. The zero-order valence-electron chi connectivity index (χ0n) is 28.7. The first-order valence-electron chi connectivity index (χ1n) is 18.0. The van der Waals surface area contributed by atoms with Gasteiger partial charge in [0.15, 0.2) is 0 Å². The van der Waals surface area contributed by atoms with Crippen molar-refractivity contribution >= 4 is 11.9 Å². The Kier molecular flexibility index (Phi) is 7.99. The molecule has 5 nitrogen and oxygen atoms in total. The van der Waals surface area contributed by atoms with Crippen LogP contribution >= 0.6 is 0 Å². The number of morpholine rings is 1. The van der Waals surface area contributed by atoms with E-state index in [0.717, 1.165) is 64.5 Å². The second kappa shape index (κ2) is 10.9. The van der Waals surface area contributed by atoms with E-state index in [0.29, 0.717) is 55.1 Å². The number of rotatable bonds is 4. The van der Waals surface area contributed by atoms with Gasteiger partial charge in [-0.15, -0.1) is 0 Å². The summed E-state index contributed by atoms with van der Waals surface area (Å²) in [5.74, 6) is 3.08. The van der Waals surface area contributed by atoms with Crippen molar-refractivity contribution in [1.82, 2.24) is 4.90 Å². The molecule has 0 aromatic rings. The number of ether oxygens (including phenoxy) is 2. The number of hydrogen-bond donors (Lipinski definition) is 0. The molecule has 10 atom stereocenters. The van der Waals surface area contributed by atoms with Crippen LogP contribution in [0.4, 0.5) is 0 Å². The Morgan fingerprint density at radius 3 is 2.35 bits per heavy atom. The summed E-state index contributed by atoms with van der Waals surface area (Å²) in [5, 5.41) is 0. The highest BCUT2D eigenvalue weighted by Crippen LogP contribution is 2.76. The van der Waals surface area contributed by atoms with Crippen LogP contribution in [0.2, 0.25) is 0 Å². The molecule has 6 rings (SSSR count). The first kappa shape index (κ1) is 31.6. The molecule has 1 amide bonds. The zero-order chi connectivity index (χ0) is 31.0. The van der Waals surface area contributed by atoms with Gasteiger partial charge < -0.3 is 14.4 Å². The van der Waals surface area contributed by atoms with Crippen molar-refractivity contribution in [3.63, 3.8) is 0 Å². The third kappa shape index (κ3) is 4.46. The minimum absolute atomic E-state index is 0.0178. The van der Waals surface area contributed by atoms with E-state index >= 15 is 0 Å². The number of esters is 1. The molecule has 1 heterocycles. The van der Waals surface area contributed by atoms with Crippen molar-refractivity contribution in [2.75, 3.05) is 26.3 Å². The van der Waals surface area contributed by atoms with Crippen LogP contribution in [0.1, 0.15) is 126 Å². The lowest BCUT2D eigenvalue weighted by atomic mass is 9.33. The summed E-state index contributed by atoms with van der Waals surface area (Å²) in [6.45, 7) is 22.5. The molecule has 0 unspecified atom stereocenters. The molecule has 6 aliphatic rings. The topological polar surface area (TPSA) is 55.8 Å².